The first kappa shape index (κ1) is 14.0. The zero-order valence-electron chi connectivity index (χ0n) is 12.2. The highest BCUT2D eigenvalue weighted by Gasteiger charge is 2.41. The molecule has 0 unspecified atom stereocenters. The molecule has 1 fully saturated rings. The summed E-state index contributed by atoms with van der Waals surface area (Å²) in [5.41, 5.74) is 1.48. The smallest absolute Gasteiger partial charge is 0.114 e. The molecule has 0 aromatic heterocycles. The molecule has 3 atom stereocenters. The Kier molecular flexibility index (Phi) is 4.20. The first-order chi connectivity index (χ1) is 9.05. The van der Waals surface area contributed by atoms with Gasteiger partial charge in [0.05, 0.1) is 0 Å². The Hall–Kier alpha value is -1.42. The molecule has 1 aliphatic rings. The molecule has 1 heteroatoms. The van der Waals surface area contributed by atoms with Gasteiger partial charge in [-0.15, -0.1) is 0 Å². The van der Waals surface area contributed by atoms with Gasteiger partial charge in [0.1, 0.15) is 12.2 Å². The van der Waals surface area contributed by atoms with Crippen LogP contribution in [-0.2, 0) is 10.2 Å². The Morgan fingerprint density at radius 3 is 2.53 bits per heavy atom. The maximum Gasteiger partial charge on any atom is 0.114 e. The van der Waals surface area contributed by atoms with Gasteiger partial charge in [-0.05, 0) is 29.7 Å². The summed E-state index contributed by atoms with van der Waals surface area (Å²) in [6, 6.07) is 10.7. The molecule has 1 aliphatic carbocycles. The van der Waals surface area contributed by atoms with E-state index in [0.717, 1.165) is 6.42 Å². The quantitative estimate of drug-likeness (QED) is 0.729. The molecule has 1 aromatic rings. The van der Waals surface area contributed by atoms with E-state index in [1.54, 1.807) is 0 Å². The second-order valence-corrected chi connectivity index (χ2v) is 6.39. The Balaban J connectivity index is 2.25. The summed E-state index contributed by atoms with van der Waals surface area (Å²) >= 11 is 0. The van der Waals surface area contributed by atoms with Gasteiger partial charge in [0.25, 0.3) is 0 Å². The van der Waals surface area contributed by atoms with E-state index in [0.29, 0.717) is 11.8 Å². The van der Waals surface area contributed by atoms with Gasteiger partial charge in [0.15, 0.2) is 0 Å². The van der Waals surface area contributed by atoms with Crippen molar-refractivity contribution in [1.82, 2.24) is 0 Å². The maximum atomic E-state index is 5.60. The normalized spacial score (nSPS) is 27.6. The molecule has 0 spiro atoms. The first-order valence-electron chi connectivity index (χ1n) is 7.22. The zero-order chi connectivity index (χ0) is 13.9. The van der Waals surface area contributed by atoms with E-state index in [1.165, 1.54) is 18.4 Å². The van der Waals surface area contributed by atoms with Gasteiger partial charge in [-0.25, -0.2) is 0 Å². The summed E-state index contributed by atoms with van der Waals surface area (Å²) < 4.78 is 5.60. The Morgan fingerprint density at radius 2 is 1.89 bits per heavy atom. The molecule has 1 saturated carbocycles. The predicted octanol–water partition coefficient (Wildman–Crippen LogP) is 4.38. The average Bonchev–Trinajstić information content (AvgIpc) is 2.40. The zero-order valence-corrected chi connectivity index (χ0v) is 12.2. The lowest BCUT2D eigenvalue weighted by molar-refractivity contribution is 0.0135. The molecule has 0 N–H and O–H groups in total. The molecule has 0 radical (unpaired) electrons. The molecule has 0 amide bonds. The third kappa shape index (κ3) is 2.95. The summed E-state index contributed by atoms with van der Waals surface area (Å²) in [5, 5.41) is 0. The highest BCUT2D eigenvalue weighted by Crippen LogP contribution is 2.43. The molecule has 0 saturated heterocycles. The summed E-state index contributed by atoms with van der Waals surface area (Å²) in [6.45, 7) is 6.92. The van der Waals surface area contributed by atoms with Crippen molar-refractivity contribution in [3.05, 3.63) is 35.9 Å². The van der Waals surface area contributed by atoms with Crippen molar-refractivity contribution < 1.29 is 4.74 Å². The third-order valence-electron chi connectivity index (χ3n) is 4.72. The maximum absolute atomic E-state index is 5.60. The third-order valence-corrected chi connectivity index (χ3v) is 4.72. The molecule has 0 aliphatic heterocycles. The van der Waals surface area contributed by atoms with Crippen molar-refractivity contribution in [2.24, 2.45) is 11.8 Å². The second-order valence-electron chi connectivity index (χ2n) is 6.39. The molecule has 0 bridgehead atoms. The van der Waals surface area contributed by atoms with Crippen LogP contribution in [0.1, 0.15) is 45.6 Å². The van der Waals surface area contributed by atoms with Gasteiger partial charge >= 0.3 is 0 Å². The molecule has 19 heavy (non-hydrogen) atoms. The number of benzene rings is 1. The van der Waals surface area contributed by atoms with E-state index in [2.05, 4.69) is 57.2 Å². The molecule has 0 heterocycles. The van der Waals surface area contributed by atoms with Crippen LogP contribution in [-0.4, -0.2) is 6.10 Å². The number of hydrogen-bond acceptors (Lipinski definition) is 1. The van der Waals surface area contributed by atoms with E-state index in [1.807, 2.05) is 0 Å². The fraction of sp³-hybridized carbons (Fsp3) is 0.556. The van der Waals surface area contributed by atoms with Crippen molar-refractivity contribution in [3.8, 4) is 12.5 Å². The lowest BCUT2D eigenvalue weighted by atomic mass is 9.64. The second kappa shape index (κ2) is 5.70. The summed E-state index contributed by atoms with van der Waals surface area (Å²) in [4.78, 5) is 0. The van der Waals surface area contributed by atoms with Crippen LogP contribution in [0.3, 0.4) is 0 Å². The summed E-state index contributed by atoms with van der Waals surface area (Å²) in [5.74, 6) is 1.20. The van der Waals surface area contributed by atoms with Crippen molar-refractivity contribution in [3.63, 3.8) is 0 Å². The van der Waals surface area contributed by atoms with E-state index in [-0.39, 0.29) is 11.5 Å². The molecule has 1 nitrogen and oxygen atoms in total. The number of ether oxygens (including phenoxy) is 1. The minimum absolute atomic E-state index is 0.100. The Labute approximate surface area is 117 Å². The summed E-state index contributed by atoms with van der Waals surface area (Å²) in [7, 11) is 0. The summed E-state index contributed by atoms with van der Waals surface area (Å²) in [6.07, 6.45) is 11.5. The van der Waals surface area contributed by atoms with Crippen LogP contribution in [0.25, 0.3) is 0 Å². The minimum atomic E-state index is 0.100. The lowest BCUT2D eigenvalue weighted by Crippen LogP contribution is -2.42. The van der Waals surface area contributed by atoms with Gasteiger partial charge in [0.2, 0.25) is 0 Å². The van der Waals surface area contributed by atoms with E-state index >= 15 is 0 Å². The fourth-order valence-corrected chi connectivity index (χ4v) is 3.45. The highest BCUT2D eigenvalue weighted by atomic mass is 16.5. The van der Waals surface area contributed by atoms with E-state index in [9.17, 15) is 0 Å². The van der Waals surface area contributed by atoms with Crippen LogP contribution in [0.4, 0.5) is 0 Å². The average molecular weight is 256 g/mol. The van der Waals surface area contributed by atoms with E-state index in [4.69, 9.17) is 11.2 Å². The number of hydrogen-bond donors (Lipinski definition) is 0. The van der Waals surface area contributed by atoms with Crippen molar-refractivity contribution >= 4 is 0 Å². The lowest BCUT2D eigenvalue weighted by Gasteiger charge is -2.43. The fourth-order valence-electron chi connectivity index (χ4n) is 3.45. The molecular weight excluding hydrogens is 232 g/mol. The van der Waals surface area contributed by atoms with E-state index < -0.39 is 0 Å². The monoisotopic (exact) mass is 256 g/mol. The van der Waals surface area contributed by atoms with Crippen LogP contribution in [0, 0.1) is 24.4 Å². The first-order valence-corrected chi connectivity index (χ1v) is 7.22. The van der Waals surface area contributed by atoms with Crippen molar-refractivity contribution in [1.29, 1.82) is 0 Å². The van der Waals surface area contributed by atoms with Crippen molar-refractivity contribution in [2.45, 2.75) is 51.6 Å². The predicted molar refractivity (Wildman–Crippen MR) is 79.7 cm³/mol. The standard InChI is InChI=1S/C18H24O/c1-5-19-17-13-14(2)11-12-16(17)18(3,4)15-9-7-6-8-10-15/h1,6-10,14,16-17H,11-13H2,2-4H3/t14-,16-,17-/m1/s1. The van der Waals surface area contributed by atoms with Crippen LogP contribution in [0.15, 0.2) is 30.3 Å². The van der Waals surface area contributed by atoms with Crippen LogP contribution in [0.5, 0.6) is 0 Å². The Morgan fingerprint density at radius 1 is 1.21 bits per heavy atom. The number of terminal acetylenes is 1. The Bertz CT molecular complexity index is 441. The van der Waals surface area contributed by atoms with Gasteiger partial charge in [-0.1, -0.05) is 63.9 Å². The highest BCUT2D eigenvalue weighted by molar-refractivity contribution is 5.25. The minimum Gasteiger partial charge on any atom is -0.443 e. The van der Waals surface area contributed by atoms with Gasteiger partial charge < -0.3 is 4.74 Å². The van der Waals surface area contributed by atoms with Gasteiger partial charge in [-0.3, -0.25) is 0 Å². The topological polar surface area (TPSA) is 9.23 Å². The van der Waals surface area contributed by atoms with Gasteiger partial charge in [-0.2, -0.15) is 0 Å². The number of rotatable bonds is 3. The van der Waals surface area contributed by atoms with Crippen LogP contribution in [0.2, 0.25) is 0 Å². The molecular formula is C18H24O. The van der Waals surface area contributed by atoms with Crippen molar-refractivity contribution in [2.75, 3.05) is 0 Å². The largest absolute Gasteiger partial charge is 0.443 e. The molecule has 1 aromatic carbocycles. The molecule has 102 valence electrons. The SMILES string of the molecule is C#CO[C@@H]1C[C@H](C)CC[C@H]1C(C)(C)c1ccccc1. The van der Waals surface area contributed by atoms with Crippen LogP contribution < -0.4 is 0 Å². The molecule has 2 rings (SSSR count). The van der Waals surface area contributed by atoms with Gasteiger partial charge in [0, 0.05) is 5.92 Å². The van der Waals surface area contributed by atoms with Crippen LogP contribution >= 0.6 is 0 Å².